The quantitative estimate of drug-likeness (QED) is 0.266. The number of aliphatic hydroxyl groups is 1. The van der Waals surface area contributed by atoms with E-state index in [1.165, 1.54) is 4.90 Å². The molecular weight excluding hydrogens is 446 g/mol. The Morgan fingerprint density at radius 2 is 1.89 bits per heavy atom. The zero-order chi connectivity index (χ0) is 25.3. The lowest BCUT2D eigenvalue weighted by atomic mass is 9.95. The Morgan fingerprint density at radius 1 is 1.11 bits per heavy atom. The number of ether oxygens (including phenoxy) is 2. The zero-order valence-corrected chi connectivity index (χ0v) is 20.5. The molecule has 4 rings (SSSR count). The number of hydrogen-bond acceptors (Lipinski definition) is 6. The molecule has 182 valence electrons. The highest BCUT2D eigenvalue weighted by atomic mass is 16.5. The fourth-order valence-corrected chi connectivity index (χ4v) is 4.35. The van der Waals surface area contributed by atoms with E-state index in [0.29, 0.717) is 40.9 Å². The molecular formula is C28H29NO6. The molecule has 2 heterocycles. The highest BCUT2D eigenvalue weighted by Gasteiger charge is 2.48. The second-order valence-corrected chi connectivity index (χ2v) is 8.66. The van der Waals surface area contributed by atoms with Crippen LogP contribution in [0, 0.1) is 6.92 Å². The summed E-state index contributed by atoms with van der Waals surface area (Å²) < 4.78 is 16.9. The molecule has 1 atom stereocenters. The van der Waals surface area contributed by atoms with Crippen LogP contribution < -0.4 is 14.4 Å². The Labute approximate surface area is 204 Å². The van der Waals surface area contributed by atoms with Crippen LogP contribution in [0.1, 0.15) is 55.4 Å². The Kier molecular flexibility index (Phi) is 6.69. The summed E-state index contributed by atoms with van der Waals surface area (Å²) >= 11 is 0. The molecule has 1 aliphatic rings. The molecule has 0 radical (unpaired) electrons. The molecule has 1 aliphatic heterocycles. The number of hydrogen-bond donors (Lipinski definition) is 1. The van der Waals surface area contributed by atoms with Crippen LogP contribution in [0.15, 0.2) is 64.6 Å². The van der Waals surface area contributed by atoms with Gasteiger partial charge in [0, 0.05) is 17.3 Å². The Balaban J connectivity index is 1.91. The third-order valence-corrected chi connectivity index (χ3v) is 6.01. The van der Waals surface area contributed by atoms with E-state index >= 15 is 0 Å². The van der Waals surface area contributed by atoms with Crippen molar-refractivity contribution >= 4 is 23.1 Å². The summed E-state index contributed by atoms with van der Waals surface area (Å²) in [5.74, 6) is 0.561. The number of Topliss-reactive ketones (excluding diaryl/α,β-unsaturated/α-hetero) is 1. The second kappa shape index (κ2) is 9.70. The summed E-state index contributed by atoms with van der Waals surface area (Å²) in [6.07, 6.45) is 0. The average molecular weight is 476 g/mol. The Bertz CT molecular complexity index is 1300. The first-order chi connectivity index (χ1) is 16.8. The second-order valence-electron chi connectivity index (χ2n) is 8.66. The zero-order valence-electron chi connectivity index (χ0n) is 20.5. The minimum atomic E-state index is -0.940. The van der Waals surface area contributed by atoms with Crippen molar-refractivity contribution in [3.8, 4) is 11.5 Å². The summed E-state index contributed by atoms with van der Waals surface area (Å²) in [6.45, 7) is 8.13. The van der Waals surface area contributed by atoms with Gasteiger partial charge in [-0.05, 0) is 67.8 Å². The molecule has 7 nitrogen and oxygen atoms in total. The summed E-state index contributed by atoms with van der Waals surface area (Å²) in [5, 5.41) is 11.4. The van der Waals surface area contributed by atoms with Gasteiger partial charge in [-0.2, -0.15) is 0 Å². The molecule has 0 bridgehead atoms. The number of methoxy groups -OCH3 is 1. The van der Waals surface area contributed by atoms with Gasteiger partial charge in [-0.1, -0.05) is 19.9 Å². The average Bonchev–Trinajstić information content (AvgIpc) is 3.39. The fraction of sp³-hybridized carbons (Fsp3) is 0.286. The van der Waals surface area contributed by atoms with E-state index in [-0.39, 0.29) is 17.3 Å². The van der Waals surface area contributed by atoms with Gasteiger partial charge >= 0.3 is 0 Å². The molecule has 2 aromatic carbocycles. The van der Waals surface area contributed by atoms with Gasteiger partial charge in [0.25, 0.3) is 11.7 Å². The number of furan rings is 1. The maximum atomic E-state index is 13.3. The van der Waals surface area contributed by atoms with Crippen LogP contribution in [0.25, 0.3) is 5.76 Å². The number of rotatable bonds is 7. The predicted molar refractivity (Wildman–Crippen MR) is 133 cm³/mol. The number of carbonyl (C=O) groups is 2. The number of ketones is 1. The highest BCUT2D eigenvalue weighted by Crippen LogP contribution is 2.43. The van der Waals surface area contributed by atoms with Gasteiger partial charge in [-0.25, -0.2) is 0 Å². The molecule has 1 fully saturated rings. The van der Waals surface area contributed by atoms with Gasteiger partial charge in [0.2, 0.25) is 0 Å². The van der Waals surface area contributed by atoms with E-state index in [1.807, 2.05) is 20.8 Å². The fourth-order valence-electron chi connectivity index (χ4n) is 4.35. The molecule has 1 N–H and O–H groups in total. The number of anilines is 1. The molecule has 3 aromatic rings. The van der Waals surface area contributed by atoms with Crippen LogP contribution in [0.4, 0.5) is 5.69 Å². The van der Waals surface area contributed by atoms with Crippen LogP contribution >= 0.6 is 0 Å². The van der Waals surface area contributed by atoms with E-state index in [0.717, 1.165) is 5.56 Å². The van der Waals surface area contributed by atoms with Gasteiger partial charge in [-0.3, -0.25) is 14.5 Å². The van der Waals surface area contributed by atoms with E-state index in [4.69, 9.17) is 13.9 Å². The lowest BCUT2D eigenvalue weighted by molar-refractivity contribution is -0.132. The Hall–Kier alpha value is -4.00. The first-order valence-electron chi connectivity index (χ1n) is 11.5. The van der Waals surface area contributed by atoms with Gasteiger partial charge in [0.1, 0.15) is 34.8 Å². The number of amides is 1. The maximum Gasteiger partial charge on any atom is 0.300 e. The van der Waals surface area contributed by atoms with Crippen LogP contribution in [0.3, 0.4) is 0 Å². The van der Waals surface area contributed by atoms with Crippen LogP contribution in [-0.2, 0) is 9.59 Å². The SMILES string of the molecule is CCOc1cccc(N2C(=O)C(=O)/C(=C(\O)c3ccc(OC)c(C(C)C)c3)C2c2ccc(C)o2)c1. The molecule has 35 heavy (non-hydrogen) atoms. The molecule has 1 aromatic heterocycles. The molecule has 1 amide bonds. The molecule has 0 saturated carbocycles. The van der Waals surface area contributed by atoms with Gasteiger partial charge in [-0.15, -0.1) is 0 Å². The van der Waals surface area contributed by atoms with E-state index < -0.39 is 17.7 Å². The molecule has 0 aliphatic carbocycles. The van der Waals surface area contributed by atoms with Crippen molar-refractivity contribution < 1.29 is 28.6 Å². The maximum absolute atomic E-state index is 13.3. The minimum Gasteiger partial charge on any atom is -0.507 e. The van der Waals surface area contributed by atoms with Crippen LogP contribution in [0.5, 0.6) is 11.5 Å². The van der Waals surface area contributed by atoms with Crippen molar-refractivity contribution in [2.75, 3.05) is 18.6 Å². The van der Waals surface area contributed by atoms with Crippen molar-refractivity contribution in [3.63, 3.8) is 0 Å². The third kappa shape index (κ3) is 4.41. The first kappa shape index (κ1) is 24.1. The van der Waals surface area contributed by atoms with Gasteiger partial charge < -0.3 is 19.0 Å². The normalized spacial score (nSPS) is 17.3. The minimum absolute atomic E-state index is 0.0361. The smallest absolute Gasteiger partial charge is 0.300 e. The van der Waals surface area contributed by atoms with Gasteiger partial charge in [0.05, 0.1) is 19.3 Å². The third-order valence-electron chi connectivity index (χ3n) is 6.01. The lowest BCUT2D eigenvalue weighted by Crippen LogP contribution is -2.29. The lowest BCUT2D eigenvalue weighted by Gasteiger charge is -2.24. The standard InChI is InChI=1S/C28H29NO6/c1-6-34-20-9-7-8-19(15-20)29-25(23-12-10-17(4)35-23)24(27(31)28(29)32)26(30)18-11-13-22(33-5)21(14-18)16(2)3/h7-16,25,30H,6H2,1-5H3/b26-24-. The van der Waals surface area contributed by atoms with E-state index in [9.17, 15) is 14.7 Å². The van der Waals surface area contributed by atoms with E-state index in [2.05, 4.69) is 0 Å². The number of carbonyl (C=O) groups excluding carboxylic acids is 2. The molecule has 0 spiro atoms. The van der Waals surface area contributed by atoms with Crippen molar-refractivity contribution in [1.82, 2.24) is 0 Å². The largest absolute Gasteiger partial charge is 0.507 e. The van der Waals surface area contributed by atoms with Crippen molar-refractivity contribution in [2.24, 2.45) is 0 Å². The molecule has 1 saturated heterocycles. The summed E-state index contributed by atoms with van der Waals surface area (Å²) in [7, 11) is 1.59. The molecule has 7 heteroatoms. The highest BCUT2D eigenvalue weighted by molar-refractivity contribution is 6.51. The Morgan fingerprint density at radius 3 is 2.51 bits per heavy atom. The topological polar surface area (TPSA) is 89.2 Å². The summed E-state index contributed by atoms with van der Waals surface area (Å²) in [4.78, 5) is 28.0. The summed E-state index contributed by atoms with van der Waals surface area (Å²) in [5.41, 5.74) is 1.73. The van der Waals surface area contributed by atoms with Gasteiger partial charge in [0.15, 0.2) is 0 Å². The van der Waals surface area contributed by atoms with Crippen LogP contribution in [0.2, 0.25) is 0 Å². The van der Waals surface area contributed by atoms with Crippen molar-refractivity contribution in [1.29, 1.82) is 0 Å². The number of nitrogens with zero attached hydrogens (tertiary/aromatic N) is 1. The number of aliphatic hydroxyl groups excluding tert-OH is 1. The predicted octanol–water partition coefficient (Wildman–Crippen LogP) is 5.75. The summed E-state index contributed by atoms with van der Waals surface area (Å²) in [6, 6.07) is 14.7. The van der Waals surface area contributed by atoms with E-state index in [1.54, 1.807) is 68.6 Å². The van der Waals surface area contributed by atoms with Crippen molar-refractivity contribution in [2.45, 2.75) is 39.7 Å². The van der Waals surface area contributed by atoms with Crippen LogP contribution in [-0.4, -0.2) is 30.5 Å². The monoisotopic (exact) mass is 475 g/mol. The first-order valence-corrected chi connectivity index (χ1v) is 11.5. The molecule has 1 unspecified atom stereocenters. The number of benzene rings is 2. The van der Waals surface area contributed by atoms with Crippen molar-refractivity contribution in [3.05, 3.63) is 82.8 Å². The number of aryl methyl sites for hydroxylation is 1.